The molecule has 65 heavy (non-hydrogen) atoms. The number of fused-ring (bicyclic) bond motifs is 1. The Morgan fingerprint density at radius 3 is 2.32 bits per heavy atom. The highest BCUT2D eigenvalue weighted by Gasteiger charge is 2.61. The van der Waals surface area contributed by atoms with Gasteiger partial charge in [0.05, 0.1) is 30.1 Å². The van der Waals surface area contributed by atoms with Crippen molar-refractivity contribution in [3.8, 4) is 22.9 Å². The summed E-state index contributed by atoms with van der Waals surface area (Å²) in [7, 11) is -1.33. The molecule has 6 rings (SSSR count). The Bertz CT molecular complexity index is 2430. The highest BCUT2D eigenvalue weighted by molar-refractivity contribution is 7.90. The average molecular weight is 939 g/mol. The molecule has 0 bridgehead atoms. The molecule has 20 heteroatoms. The van der Waals surface area contributed by atoms with Crippen LogP contribution in [0, 0.1) is 17.3 Å². The maximum Gasteiger partial charge on any atom is 0.330 e. The lowest BCUT2D eigenvalue weighted by atomic mass is 9.86. The number of thiazole rings is 1. The summed E-state index contributed by atoms with van der Waals surface area (Å²) in [5.74, 6) is -3.26. The summed E-state index contributed by atoms with van der Waals surface area (Å²) < 4.78 is 38.9. The third kappa shape index (κ3) is 10.5. The quantitative estimate of drug-likeness (QED) is 0.110. The third-order valence-corrected chi connectivity index (χ3v) is 15.3. The smallest absolute Gasteiger partial charge is 0.330 e. The van der Waals surface area contributed by atoms with Crippen LogP contribution >= 0.6 is 11.3 Å². The van der Waals surface area contributed by atoms with E-state index in [1.165, 1.54) is 36.2 Å². The Kier molecular flexibility index (Phi) is 14.4. The van der Waals surface area contributed by atoms with Crippen molar-refractivity contribution < 1.29 is 47.0 Å². The van der Waals surface area contributed by atoms with Crippen LogP contribution in [0.3, 0.4) is 0 Å². The predicted molar refractivity (Wildman–Crippen MR) is 247 cm³/mol. The molecule has 1 aliphatic heterocycles. The monoisotopic (exact) mass is 938 g/mol. The number of aromatic nitrogens is 2. The Morgan fingerprint density at radius 2 is 1.74 bits per heavy atom. The van der Waals surface area contributed by atoms with Crippen molar-refractivity contribution in [1.82, 2.24) is 35.1 Å². The molecule has 3 aromatic rings. The number of likely N-dealkylation sites (tertiary alicyclic amines) is 1. The van der Waals surface area contributed by atoms with Gasteiger partial charge in [-0.1, -0.05) is 39.7 Å². The minimum atomic E-state index is -4.03. The SMILES string of the molecule is C=CC1C[C@]1(NC(=O)[C@@H]1C[C@@H](Oc2cc(-c3csc(NC(C)C)n3)nc3cc(OC)ccc23)CN1C(=O)[C@@H](NC(=O)N[C@H](C(=O)N(C)S(=O)(=O)C(C)C)C(C)(C)C)C1CCCC1)C(=O)O. The maximum absolute atomic E-state index is 15.1. The molecule has 6 atom stereocenters. The number of carboxylic acid groups (broad SMARTS) is 1. The van der Waals surface area contributed by atoms with E-state index in [0.29, 0.717) is 56.1 Å². The van der Waals surface area contributed by atoms with E-state index in [1.54, 1.807) is 52.1 Å². The first-order valence-corrected chi connectivity index (χ1v) is 24.3. The first kappa shape index (κ1) is 48.9. The van der Waals surface area contributed by atoms with Crippen LogP contribution in [0.25, 0.3) is 22.3 Å². The van der Waals surface area contributed by atoms with Crippen molar-refractivity contribution in [1.29, 1.82) is 0 Å². The van der Waals surface area contributed by atoms with E-state index in [2.05, 4.69) is 27.8 Å². The molecular formula is C45H62N8O10S2. The fourth-order valence-electron chi connectivity index (χ4n) is 8.55. The number of carbonyl (C=O) groups is 5. The Morgan fingerprint density at radius 1 is 1.05 bits per heavy atom. The molecule has 0 spiro atoms. The highest BCUT2D eigenvalue weighted by Crippen LogP contribution is 2.45. The summed E-state index contributed by atoms with van der Waals surface area (Å²) in [6, 6.07) is 2.68. The third-order valence-electron chi connectivity index (χ3n) is 12.4. The minimum Gasteiger partial charge on any atom is -0.497 e. The molecule has 1 aromatic carbocycles. The van der Waals surface area contributed by atoms with Gasteiger partial charge in [-0.05, 0) is 70.4 Å². The van der Waals surface area contributed by atoms with Crippen molar-refractivity contribution in [3.63, 3.8) is 0 Å². The molecule has 354 valence electrons. The number of benzene rings is 1. The Hall–Kier alpha value is -5.50. The van der Waals surface area contributed by atoms with E-state index in [0.717, 1.165) is 19.9 Å². The summed E-state index contributed by atoms with van der Waals surface area (Å²) in [6.45, 7) is 15.6. The van der Waals surface area contributed by atoms with Gasteiger partial charge in [0.25, 0.3) is 5.91 Å². The van der Waals surface area contributed by atoms with Gasteiger partial charge in [-0.25, -0.2) is 32.3 Å². The van der Waals surface area contributed by atoms with E-state index < -0.39 is 86.1 Å². The van der Waals surface area contributed by atoms with Gasteiger partial charge in [-0.15, -0.1) is 17.9 Å². The molecule has 2 aliphatic carbocycles. The standard InChI is InChI=1S/C45H62N8O10S2/c1-11-27-21-45(27,41(57)58)51-38(54)34-19-29(63-35-20-32(33-23-64-43(48-33)46-24(2)3)47-31-18-28(62-10)16-17-30(31)35)22-53(34)39(55)36(26-14-12-13-15-26)49-42(59)50-37(44(6,7)8)40(56)52(9)65(60,61)25(4)5/h11,16-18,20,23-27,29,34,36-37H,1,12-15,19,21-22H2,2-10H3,(H,46,48)(H,51,54)(H,57,58)(H2,49,50,59)/t27?,29-,34+,36+,37-,45-/m1/s1. The molecular weight excluding hydrogens is 877 g/mol. The summed E-state index contributed by atoms with van der Waals surface area (Å²) in [4.78, 5) is 80.7. The number of aliphatic carboxylic acids is 1. The number of ether oxygens (including phenoxy) is 2. The summed E-state index contributed by atoms with van der Waals surface area (Å²) in [5.41, 5.74) is -0.885. The normalized spacial score (nSPS) is 22.0. The number of sulfonamides is 1. The number of hydrogen-bond acceptors (Lipinski definition) is 13. The van der Waals surface area contributed by atoms with Gasteiger partial charge >= 0.3 is 12.0 Å². The number of urea groups is 1. The van der Waals surface area contributed by atoms with Crippen LogP contribution in [0.15, 0.2) is 42.3 Å². The second-order valence-corrected chi connectivity index (χ2v) is 22.2. The van der Waals surface area contributed by atoms with E-state index in [1.807, 2.05) is 19.2 Å². The number of nitrogens with one attached hydrogen (secondary N) is 4. The lowest BCUT2D eigenvalue weighted by molar-refractivity contribution is -0.146. The molecule has 2 aromatic heterocycles. The van der Waals surface area contributed by atoms with Crippen LogP contribution < -0.4 is 30.7 Å². The Labute approximate surface area is 384 Å². The summed E-state index contributed by atoms with van der Waals surface area (Å²) in [5, 5.41) is 24.0. The molecule has 2 saturated carbocycles. The molecule has 1 saturated heterocycles. The number of pyridine rings is 1. The van der Waals surface area contributed by atoms with Gasteiger partial charge in [-0.3, -0.25) is 14.4 Å². The summed E-state index contributed by atoms with van der Waals surface area (Å²) in [6.07, 6.45) is 3.53. The zero-order valence-electron chi connectivity index (χ0n) is 38.5. The first-order chi connectivity index (χ1) is 30.5. The number of carboxylic acids is 1. The predicted octanol–water partition coefficient (Wildman–Crippen LogP) is 5.15. The lowest BCUT2D eigenvalue weighted by Gasteiger charge is -2.35. The number of amides is 5. The van der Waals surface area contributed by atoms with Gasteiger partial charge in [0.2, 0.25) is 21.8 Å². The Balaban J connectivity index is 1.34. The molecule has 3 aliphatic rings. The fraction of sp³-hybridized carbons (Fsp3) is 0.578. The van der Waals surface area contributed by atoms with Gasteiger partial charge in [0, 0.05) is 48.3 Å². The molecule has 1 unspecified atom stereocenters. The van der Waals surface area contributed by atoms with Crippen LogP contribution in [0.1, 0.15) is 87.0 Å². The van der Waals surface area contributed by atoms with Gasteiger partial charge in [0.1, 0.15) is 47.0 Å². The van der Waals surface area contributed by atoms with Crippen molar-refractivity contribution in [2.24, 2.45) is 17.3 Å². The van der Waals surface area contributed by atoms with Gasteiger partial charge in [-0.2, -0.15) is 0 Å². The number of anilines is 1. The first-order valence-electron chi connectivity index (χ1n) is 22.0. The minimum absolute atomic E-state index is 0.0265. The van der Waals surface area contributed by atoms with E-state index >= 15 is 4.79 Å². The zero-order chi connectivity index (χ0) is 47.8. The van der Waals surface area contributed by atoms with Crippen LogP contribution in [0.5, 0.6) is 11.5 Å². The van der Waals surface area contributed by atoms with Crippen molar-refractivity contribution in [2.75, 3.05) is 26.0 Å². The number of nitrogens with zero attached hydrogens (tertiary/aromatic N) is 4. The number of hydrogen-bond donors (Lipinski definition) is 5. The zero-order valence-corrected chi connectivity index (χ0v) is 40.1. The van der Waals surface area contributed by atoms with Crippen LogP contribution in [0.2, 0.25) is 0 Å². The number of rotatable bonds is 17. The van der Waals surface area contributed by atoms with Crippen LogP contribution in [-0.4, -0.2) is 124 Å². The fourth-order valence-corrected chi connectivity index (χ4v) is 10.4. The van der Waals surface area contributed by atoms with E-state index in [4.69, 9.17) is 19.4 Å². The number of likely N-dealkylation sites (N-methyl/N-ethyl adjacent to an activating group) is 1. The number of carbonyl (C=O) groups excluding carboxylic acids is 4. The highest BCUT2D eigenvalue weighted by atomic mass is 32.2. The van der Waals surface area contributed by atoms with Crippen LogP contribution in [0.4, 0.5) is 9.93 Å². The molecule has 3 heterocycles. The summed E-state index contributed by atoms with van der Waals surface area (Å²) >= 11 is 1.43. The second-order valence-electron chi connectivity index (χ2n) is 18.9. The maximum atomic E-state index is 15.1. The van der Waals surface area contributed by atoms with Crippen molar-refractivity contribution in [2.45, 2.75) is 128 Å². The molecule has 0 radical (unpaired) electrons. The van der Waals surface area contributed by atoms with E-state index in [-0.39, 0.29) is 31.3 Å². The largest absolute Gasteiger partial charge is 0.497 e. The molecule has 5 amide bonds. The van der Waals surface area contributed by atoms with Gasteiger partial charge in [0.15, 0.2) is 5.13 Å². The molecule has 18 nitrogen and oxygen atoms in total. The lowest BCUT2D eigenvalue weighted by Crippen LogP contribution is -2.61. The average Bonchev–Trinajstić information content (AvgIpc) is 3.68. The van der Waals surface area contributed by atoms with E-state index in [9.17, 15) is 32.7 Å². The topological polar surface area (TPSA) is 239 Å². The molecule has 3 fully saturated rings. The van der Waals surface area contributed by atoms with Crippen molar-refractivity contribution in [3.05, 3.63) is 42.3 Å². The van der Waals surface area contributed by atoms with Crippen LogP contribution in [-0.2, 0) is 29.2 Å². The van der Waals surface area contributed by atoms with Gasteiger partial charge < -0.3 is 40.7 Å². The molecule has 5 N–H and O–H groups in total. The number of methoxy groups -OCH3 is 1. The van der Waals surface area contributed by atoms with Crippen molar-refractivity contribution >= 4 is 67.1 Å². The second kappa shape index (κ2) is 19.1.